The third-order valence-corrected chi connectivity index (χ3v) is 6.61. The maximum Gasteiger partial charge on any atom is 0.270 e. The lowest BCUT2D eigenvalue weighted by Crippen LogP contribution is -2.49. The molecule has 1 amide bonds. The van der Waals surface area contributed by atoms with Gasteiger partial charge in [-0.05, 0) is 48.9 Å². The molecule has 0 bridgehead atoms. The molecule has 1 saturated heterocycles. The number of piperidine rings is 1. The predicted molar refractivity (Wildman–Crippen MR) is 153 cm³/mol. The number of likely N-dealkylation sites (tertiary alicyclic amines) is 1. The molecule has 0 radical (unpaired) electrons. The van der Waals surface area contributed by atoms with E-state index in [1.165, 1.54) is 24.8 Å². The SMILES string of the molecule is CC(=N)OC(=N)c1cccc(-n2ccc(N(C(=O)C(=S)C=CN)C3CCN(Cc4ccccc4)CC3)n2)c1. The van der Waals surface area contributed by atoms with E-state index in [4.69, 9.17) is 38.6 Å². The Labute approximate surface area is 227 Å². The van der Waals surface area contributed by atoms with Crippen LogP contribution >= 0.6 is 12.2 Å². The molecule has 10 heteroatoms. The monoisotopic (exact) mass is 529 g/mol. The van der Waals surface area contributed by atoms with Gasteiger partial charge in [-0.3, -0.25) is 25.4 Å². The average Bonchev–Trinajstić information content (AvgIpc) is 3.40. The Bertz CT molecular complexity index is 1340. The largest absolute Gasteiger partial charge is 0.426 e. The van der Waals surface area contributed by atoms with Crippen LogP contribution in [0.5, 0.6) is 0 Å². The predicted octanol–water partition coefficient (Wildman–Crippen LogP) is 4.05. The zero-order valence-corrected chi connectivity index (χ0v) is 22.0. The second-order valence-corrected chi connectivity index (χ2v) is 9.49. The van der Waals surface area contributed by atoms with E-state index in [1.807, 2.05) is 24.3 Å². The number of hydrogen-bond donors (Lipinski definition) is 3. The number of rotatable bonds is 8. The molecule has 1 aliphatic heterocycles. The van der Waals surface area contributed by atoms with Crippen molar-refractivity contribution < 1.29 is 9.53 Å². The molecule has 1 aliphatic rings. The number of thiocarbonyl (C=S) groups is 1. The number of amides is 1. The summed E-state index contributed by atoms with van der Waals surface area (Å²) < 4.78 is 6.77. The van der Waals surface area contributed by atoms with Gasteiger partial charge in [0.1, 0.15) is 4.86 Å². The van der Waals surface area contributed by atoms with E-state index in [2.05, 4.69) is 17.0 Å². The Morgan fingerprint density at radius 2 is 1.89 bits per heavy atom. The maximum absolute atomic E-state index is 13.4. The Kier molecular flexibility index (Phi) is 8.77. The maximum atomic E-state index is 13.4. The molecule has 0 atom stereocenters. The van der Waals surface area contributed by atoms with Crippen LogP contribution in [-0.4, -0.2) is 56.4 Å². The third kappa shape index (κ3) is 6.58. The van der Waals surface area contributed by atoms with Crippen molar-refractivity contribution in [3.63, 3.8) is 0 Å². The topological polar surface area (TPSA) is 124 Å². The Morgan fingerprint density at radius 1 is 1.16 bits per heavy atom. The normalized spacial score (nSPS) is 14.3. The van der Waals surface area contributed by atoms with Gasteiger partial charge in [0.05, 0.1) is 5.69 Å². The molecule has 0 saturated carbocycles. The zero-order valence-electron chi connectivity index (χ0n) is 21.2. The van der Waals surface area contributed by atoms with Crippen LogP contribution in [-0.2, 0) is 16.1 Å². The highest BCUT2D eigenvalue weighted by Crippen LogP contribution is 2.25. The van der Waals surface area contributed by atoms with E-state index >= 15 is 0 Å². The smallest absolute Gasteiger partial charge is 0.270 e. The summed E-state index contributed by atoms with van der Waals surface area (Å²) in [7, 11) is 0. The summed E-state index contributed by atoms with van der Waals surface area (Å²) >= 11 is 5.35. The van der Waals surface area contributed by atoms with E-state index < -0.39 is 0 Å². The summed E-state index contributed by atoms with van der Waals surface area (Å²) in [5.41, 5.74) is 7.99. The molecule has 4 rings (SSSR count). The summed E-state index contributed by atoms with van der Waals surface area (Å²) in [6.45, 7) is 4.04. The van der Waals surface area contributed by atoms with Gasteiger partial charge < -0.3 is 10.5 Å². The highest BCUT2D eigenvalue weighted by molar-refractivity contribution is 7.82. The molecule has 0 aliphatic carbocycles. The molecule has 9 nitrogen and oxygen atoms in total. The first kappa shape index (κ1) is 26.9. The first-order valence-corrected chi connectivity index (χ1v) is 12.8. The highest BCUT2D eigenvalue weighted by Gasteiger charge is 2.32. The number of carbonyl (C=O) groups excluding carboxylic acids is 1. The molecule has 3 aromatic rings. The van der Waals surface area contributed by atoms with Gasteiger partial charge >= 0.3 is 0 Å². The summed E-state index contributed by atoms with van der Waals surface area (Å²) in [6.07, 6.45) is 6.05. The van der Waals surface area contributed by atoms with Crippen molar-refractivity contribution in [2.75, 3.05) is 18.0 Å². The molecule has 196 valence electrons. The number of aromatic nitrogens is 2. The van der Waals surface area contributed by atoms with Crippen LogP contribution < -0.4 is 10.6 Å². The average molecular weight is 530 g/mol. The van der Waals surface area contributed by atoms with Crippen LogP contribution in [0.1, 0.15) is 30.9 Å². The van der Waals surface area contributed by atoms with Crippen molar-refractivity contribution in [3.05, 3.63) is 90.3 Å². The lowest BCUT2D eigenvalue weighted by atomic mass is 10.0. The van der Waals surface area contributed by atoms with Gasteiger partial charge in [0.15, 0.2) is 11.7 Å². The Hall–Kier alpha value is -4.15. The van der Waals surface area contributed by atoms with Gasteiger partial charge in [0, 0.05) is 50.4 Å². The highest BCUT2D eigenvalue weighted by atomic mass is 32.1. The molecule has 2 aromatic carbocycles. The zero-order chi connectivity index (χ0) is 27.1. The fraction of sp³-hybridized carbons (Fsp3) is 0.250. The summed E-state index contributed by atoms with van der Waals surface area (Å²) in [5, 5.41) is 20.3. The molecule has 1 aromatic heterocycles. The number of ether oxygens (including phenoxy) is 1. The molecule has 0 spiro atoms. The van der Waals surface area contributed by atoms with Crippen LogP contribution in [0.2, 0.25) is 0 Å². The van der Waals surface area contributed by atoms with Gasteiger partial charge in [-0.15, -0.1) is 5.10 Å². The van der Waals surface area contributed by atoms with E-state index in [0.717, 1.165) is 32.5 Å². The number of nitrogens with one attached hydrogen (secondary N) is 2. The summed E-state index contributed by atoms with van der Waals surface area (Å²) in [6, 6.07) is 19.2. The lowest BCUT2D eigenvalue weighted by molar-refractivity contribution is -0.113. The van der Waals surface area contributed by atoms with Crippen molar-refractivity contribution in [2.24, 2.45) is 5.73 Å². The molecule has 0 unspecified atom stereocenters. The molecule has 38 heavy (non-hydrogen) atoms. The van der Waals surface area contributed by atoms with Gasteiger partial charge in [-0.1, -0.05) is 48.6 Å². The van der Waals surface area contributed by atoms with Gasteiger partial charge in [-0.2, -0.15) is 0 Å². The minimum atomic E-state index is -0.307. The van der Waals surface area contributed by atoms with Crippen LogP contribution in [0.4, 0.5) is 5.82 Å². The van der Waals surface area contributed by atoms with Crippen LogP contribution in [0.25, 0.3) is 5.69 Å². The number of nitrogens with two attached hydrogens (primary N) is 1. The molecule has 2 heterocycles. The molecule has 1 fully saturated rings. The summed E-state index contributed by atoms with van der Waals surface area (Å²) in [4.78, 5) is 17.7. The number of hydrogen-bond acceptors (Lipinski definition) is 8. The fourth-order valence-corrected chi connectivity index (χ4v) is 4.68. The standard InChI is InChI=1S/C28H31N7O2S/c1-20(30)37-27(31)22-8-5-9-24(18-22)34-17-13-26(32-34)35(28(36)25(38)10-14-29)23-11-15-33(16-12-23)19-21-6-3-2-4-7-21/h2-10,13-14,17-18,23,30-31H,11-12,15-16,19,29H2,1H3. The minimum Gasteiger partial charge on any atom is -0.426 e. The Morgan fingerprint density at radius 3 is 2.58 bits per heavy atom. The molecular weight excluding hydrogens is 498 g/mol. The van der Waals surface area contributed by atoms with Crippen molar-refractivity contribution in [1.82, 2.24) is 14.7 Å². The number of carbonyl (C=O) groups is 1. The van der Waals surface area contributed by atoms with E-state index in [-0.39, 0.29) is 28.6 Å². The van der Waals surface area contributed by atoms with Crippen molar-refractivity contribution in [2.45, 2.75) is 32.4 Å². The lowest BCUT2D eigenvalue weighted by Gasteiger charge is -2.37. The Balaban J connectivity index is 1.55. The van der Waals surface area contributed by atoms with E-state index in [1.54, 1.807) is 40.0 Å². The third-order valence-electron chi connectivity index (χ3n) is 6.30. The van der Waals surface area contributed by atoms with Crippen molar-refractivity contribution in [1.29, 1.82) is 10.8 Å². The minimum absolute atomic E-state index is 0.0618. The quantitative estimate of drug-likeness (QED) is 0.175. The van der Waals surface area contributed by atoms with Crippen molar-refractivity contribution in [3.8, 4) is 5.69 Å². The van der Waals surface area contributed by atoms with Crippen molar-refractivity contribution >= 4 is 40.6 Å². The van der Waals surface area contributed by atoms with Crippen LogP contribution in [0.3, 0.4) is 0 Å². The van der Waals surface area contributed by atoms with E-state index in [0.29, 0.717) is 17.1 Å². The number of benzene rings is 2. The molecule has 4 N–H and O–H groups in total. The van der Waals surface area contributed by atoms with Gasteiger partial charge in [0.25, 0.3) is 5.91 Å². The molecular formula is C28H31N7O2S. The first-order chi connectivity index (χ1) is 18.4. The van der Waals surface area contributed by atoms with Gasteiger partial charge in [-0.25, -0.2) is 4.68 Å². The van der Waals surface area contributed by atoms with Gasteiger partial charge in [0.2, 0.25) is 5.90 Å². The summed E-state index contributed by atoms with van der Waals surface area (Å²) in [5.74, 6) is 0.00755. The number of nitrogens with zero attached hydrogens (tertiary/aromatic N) is 4. The first-order valence-electron chi connectivity index (χ1n) is 12.4. The van der Waals surface area contributed by atoms with E-state index in [9.17, 15) is 4.79 Å². The second kappa shape index (κ2) is 12.4. The fourth-order valence-electron chi connectivity index (χ4n) is 4.50. The van der Waals surface area contributed by atoms with Crippen LogP contribution in [0.15, 0.2) is 79.1 Å². The number of anilines is 1. The second-order valence-electron chi connectivity index (χ2n) is 9.05. The van der Waals surface area contributed by atoms with Crippen LogP contribution in [0, 0.1) is 10.8 Å².